The fourth-order valence-corrected chi connectivity index (χ4v) is 1.94. The number of aromatic amines is 1. The number of nitrogens with two attached hydrogens (primary N) is 1. The summed E-state index contributed by atoms with van der Waals surface area (Å²) in [6.07, 6.45) is -0.139. The molecule has 1 unspecified atom stereocenters. The van der Waals surface area contributed by atoms with Gasteiger partial charge in [0, 0.05) is 11.3 Å². The smallest absolute Gasteiger partial charge is 0.305 e. The number of carbonyl (C=O) groups is 1. The molecule has 0 amide bonds. The lowest BCUT2D eigenvalue weighted by atomic mass is 10.1. The molecular weight excluding hydrogens is 242 g/mol. The molecule has 1 atom stereocenters. The average molecular weight is 259 g/mol. The van der Waals surface area contributed by atoms with E-state index in [0.29, 0.717) is 5.82 Å². The van der Waals surface area contributed by atoms with Crippen LogP contribution < -0.4 is 5.73 Å². The van der Waals surface area contributed by atoms with Gasteiger partial charge in [-0.25, -0.2) is 4.98 Å². The van der Waals surface area contributed by atoms with Crippen LogP contribution in [-0.4, -0.2) is 21.0 Å². The highest BCUT2D eigenvalue weighted by atomic mass is 16.4. The molecular formula is C14H17N3O2. The number of carboxylic acids is 1. The Labute approximate surface area is 111 Å². The van der Waals surface area contributed by atoms with E-state index in [4.69, 9.17) is 10.8 Å². The molecule has 0 aliphatic rings. The molecule has 1 heterocycles. The summed E-state index contributed by atoms with van der Waals surface area (Å²) < 4.78 is 0. The van der Waals surface area contributed by atoms with Crippen molar-refractivity contribution in [2.75, 3.05) is 0 Å². The Morgan fingerprint density at radius 2 is 2.00 bits per heavy atom. The second-order valence-electron chi connectivity index (χ2n) is 4.67. The number of benzene rings is 1. The van der Waals surface area contributed by atoms with Crippen LogP contribution in [0.4, 0.5) is 0 Å². The van der Waals surface area contributed by atoms with Gasteiger partial charge in [-0.3, -0.25) is 4.79 Å². The highest BCUT2D eigenvalue weighted by molar-refractivity contribution is 5.68. The van der Waals surface area contributed by atoms with Crippen molar-refractivity contribution in [3.8, 4) is 11.3 Å². The molecule has 100 valence electrons. The summed E-state index contributed by atoms with van der Waals surface area (Å²) in [5.41, 5.74) is 9.68. The van der Waals surface area contributed by atoms with Gasteiger partial charge in [0.1, 0.15) is 5.82 Å². The molecule has 0 aliphatic heterocycles. The number of hydrogen-bond donors (Lipinski definition) is 3. The SMILES string of the molecule is Cc1ccc(-c2nc(C(N)CC(=O)O)[nH]c2C)cc1. The van der Waals surface area contributed by atoms with Crippen LogP contribution >= 0.6 is 0 Å². The van der Waals surface area contributed by atoms with Crippen LogP contribution in [0.2, 0.25) is 0 Å². The molecule has 19 heavy (non-hydrogen) atoms. The fraction of sp³-hybridized carbons (Fsp3) is 0.286. The van der Waals surface area contributed by atoms with E-state index in [1.165, 1.54) is 5.56 Å². The molecule has 4 N–H and O–H groups in total. The second kappa shape index (κ2) is 5.24. The van der Waals surface area contributed by atoms with Crippen LogP contribution in [0, 0.1) is 13.8 Å². The van der Waals surface area contributed by atoms with Crippen molar-refractivity contribution < 1.29 is 9.90 Å². The third-order valence-corrected chi connectivity index (χ3v) is 2.97. The van der Waals surface area contributed by atoms with Gasteiger partial charge in [0.25, 0.3) is 0 Å². The highest BCUT2D eigenvalue weighted by Gasteiger charge is 2.16. The molecule has 2 rings (SSSR count). The van der Waals surface area contributed by atoms with Crippen molar-refractivity contribution in [3.05, 3.63) is 41.3 Å². The minimum atomic E-state index is -0.932. The zero-order chi connectivity index (χ0) is 14.0. The minimum absolute atomic E-state index is 0.139. The molecule has 1 aromatic heterocycles. The Kier molecular flexibility index (Phi) is 3.66. The van der Waals surface area contributed by atoms with Gasteiger partial charge in [0.2, 0.25) is 0 Å². The Morgan fingerprint density at radius 1 is 1.37 bits per heavy atom. The lowest BCUT2D eigenvalue weighted by Crippen LogP contribution is -2.16. The first-order valence-electron chi connectivity index (χ1n) is 6.08. The zero-order valence-corrected chi connectivity index (χ0v) is 11.0. The summed E-state index contributed by atoms with van der Waals surface area (Å²) in [6.45, 7) is 3.93. The molecule has 5 nitrogen and oxygen atoms in total. The normalized spacial score (nSPS) is 12.4. The Balaban J connectivity index is 2.30. The summed E-state index contributed by atoms with van der Waals surface area (Å²) in [5.74, 6) is -0.422. The minimum Gasteiger partial charge on any atom is -0.481 e. The van der Waals surface area contributed by atoms with Crippen LogP contribution in [0.1, 0.15) is 29.5 Å². The van der Waals surface area contributed by atoms with Crippen LogP contribution in [0.5, 0.6) is 0 Å². The molecule has 5 heteroatoms. The first kappa shape index (κ1) is 13.3. The van der Waals surface area contributed by atoms with Crippen molar-refractivity contribution >= 4 is 5.97 Å². The van der Waals surface area contributed by atoms with Gasteiger partial charge in [-0.05, 0) is 13.8 Å². The number of aromatic nitrogens is 2. The molecule has 1 aromatic carbocycles. The van der Waals surface area contributed by atoms with Gasteiger partial charge < -0.3 is 15.8 Å². The molecule has 0 spiro atoms. The quantitative estimate of drug-likeness (QED) is 0.784. The maximum Gasteiger partial charge on any atom is 0.305 e. The van der Waals surface area contributed by atoms with E-state index in [-0.39, 0.29) is 6.42 Å². The average Bonchev–Trinajstić information content (AvgIpc) is 2.72. The molecule has 0 radical (unpaired) electrons. The largest absolute Gasteiger partial charge is 0.481 e. The van der Waals surface area contributed by atoms with Crippen LogP contribution in [0.3, 0.4) is 0 Å². The highest BCUT2D eigenvalue weighted by Crippen LogP contribution is 2.23. The lowest BCUT2D eigenvalue weighted by Gasteiger charge is -2.04. The number of imidazole rings is 1. The lowest BCUT2D eigenvalue weighted by molar-refractivity contribution is -0.137. The summed E-state index contributed by atoms with van der Waals surface area (Å²) in [6, 6.07) is 7.40. The van der Waals surface area contributed by atoms with Crippen LogP contribution in [0.25, 0.3) is 11.3 Å². The van der Waals surface area contributed by atoms with E-state index >= 15 is 0 Å². The third kappa shape index (κ3) is 3.00. The van der Waals surface area contributed by atoms with E-state index in [0.717, 1.165) is 17.0 Å². The van der Waals surface area contributed by atoms with Gasteiger partial charge in [-0.15, -0.1) is 0 Å². The van der Waals surface area contributed by atoms with Gasteiger partial charge in [0.05, 0.1) is 18.2 Å². The Bertz CT molecular complexity index is 587. The number of carboxylic acid groups (broad SMARTS) is 1. The van der Waals surface area contributed by atoms with Crippen molar-refractivity contribution in [3.63, 3.8) is 0 Å². The first-order valence-corrected chi connectivity index (χ1v) is 6.08. The second-order valence-corrected chi connectivity index (χ2v) is 4.67. The third-order valence-electron chi connectivity index (χ3n) is 2.97. The number of rotatable bonds is 4. The van der Waals surface area contributed by atoms with Crippen molar-refractivity contribution in [1.82, 2.24) is 9.97 Å². The van der Waals surface area contributed by atoms with Crippen molar-refractivity contribution in [2.24, 2.45) is 5.73 Å². The summed E-state index contributed by atoms with van der Waals surface area (Å²) in [5, 5.41) is 8.75. The van der Waals surface area contributed by atoms with Crippen molar-refractivity contribution in [1.29, 1.82) is 0 Å². The van der Waals surface area contributed by atoms with E-state index in [9.17, 15) is 4.79 Å². The zero-order valence-electron chi connectivity index (χ0n) is 11.0. The number of nitrogens with zero attached hydrogens (tertiary/aromatic N) is 1. The topological polar surface area (TPSA) is 92.0 Å². The predicted molar refractivity (Wildman–Crippen MR) is 72.7 cm³/mol. The van der Waals surface area contributed by atoms with E-state index in [2.05, 4.69) is 9.97 Å². The number of hydrogen-bond acceptors (Lipinski definition) is 3. The molecule has 0 fully saturated rings. The molecule has 2 aromatic rings. The van der Waals surface area contributed by atoms with E-state index in [1.54, 1.807) is 0 Å². The number of nitrogens with one attached hydrogen (secondary N) is 1. The maximum atomic E-state index is 10.7. The molecule has 0 aliphatic carbocycles. The van der Waals surface area contributed by atoms with Gasteiger partial charge in [-0.2, -0.15) is 0 Å². The summed E-state index contributed by atoms with van der Waals surface area (Å²) in [4.78, 5) is 18.1. The summed E-state index contributed by atoms with van der Waals surface area (Å²) in [7, 11) is 0. The summed E-state index contributed by atoms with van der Waals surface area (Å²) >= 11 is 0. The molecule has 0 bridgehead atoms. The fourth-order valence-electron chi connectivity index (χ4n) is 1.94. The number of aliphatic carboxylic acids is 1. The Hall–Kier alpha value is -2.14. The van der Waals surface area contributed by atoms with Crippen LogP contribution in [0.15, 0.2) is 24.3 Å². The van der Waals surface area contributed by atoms with E-state index < -0.39 is 12.0 Å². The Morgan fingerprint density at radius 3 is 2.58 bits per heavy atom. The van der Waals surface area contributed by atoms with Gasteiger partial charge >= 0.3 is 5.97 Å². The van der Waals surface area contributed by atoms with Crippen molar-refractivity contribution in [2.45, 2.75) is 26.3 Å². The number of aryl methyl sites for hydroxylation is 2. The van der Waals surface area contributed by atoms with Gasteiger partial charge in [0.15, 0.2) is 0 Å². The standard InChI is InChI=1S/C14H17N3O2/c1-8-3-5-10(6-4-8)13-9(2)16-14(17-13)11(15)7-12(18)19/h3-6,11H,7,15H2,1-2H3,(H,16,17)(H,18,19). The van der Waals surface area contributed by atoms with E-state index in [1.807, 2.05) is 38.1 Å². The maximum absolute atomic E-state index is 10.7. The molecule has 0 saturated carbocycles. The molecule has 0 saturated heterocycles. The van der Waals surface area contributed by atoms with Gasteiger partial charge in [-0.1, -0.05) is 29.8 Å². The monoisotopic (exact) mass is 259 g/mol. The number of H-pyrrole nitrogens is 1. The first-order chi connectivity index (χ1) is 8.97. The predicted octanol–water partition coefficient (Wildman–Crippen LogP) is 2.17. The van der Waals surface area contributed by atoms with Crippen LogP contribution in [-0.2, 0) is 4.79 Å².